The number of nitrogens with zero attached hydrogens (tertiary/aromatic N) is 2. The number of rotatable bonds is 6. The number of aliphatic hydroxyl groups excluding tert-OH is 1. The predicted octanol–water partition coefficient (Wildman–Crippen LogP) is 2.30. The second-order valence-electron chi connectivity index (χ2n) is 5.71. The third kappa shape index (κ3) is 4.21. The molecule has 19 heavy (non-hydrogen) atoms. The van der Waals surface area contributed by atoms with Gasteiger partial charge in [-0.25, -0.2) is 4.68 Å². The van der Waals surface area contributed by atoms with Crippen molar-refractivity contribution in [2.75, 3.05) is 18.5 Å². The zero-order valence-electron chi connectivity index (χ0n) is 11.9. The summed E-state index contributed by atoms with van der Waals surface area (Å²) in [7, 11) is 0. The van der Waals surface area contributed by atoms with E-state index in [1.165, 1.54) is 4.68 Å². The SMILES string of the molecule is CC(C)n1ncc(NCC(C)(C)CCO)c(Cl)c1=O. The second kappa shape index (κ2) is 6.39. The van der Waals surface area contributed by atoms with Crippen LogP contribution in [-0.4, -0.2) is 28.0 Å². The Bertz CT molecular complexity index is 483. The minimum Gasteiger partial charge on any atom is -0.396 e. The maximum Gasteiger partial charge on any atom is 0.287 e. The van der Waals surface area contributed by atoms with Crippen molar-refractivity contribution >= 4 is 17.3 Å². The van der Waals surface area contributed by atoms with Crippen LogP contribution in [0.5, 0.6) is 0 Å². The molecule has 0 aliphatic carbocycles. The largest absolute Gasteiger partial charge is 0.396 e. The molecule has 0 atom stereocenters. The van der Waals surface area contributed by atoms with Gasteiger partial charge in [-0.3, -0.25) is 4.79 Å². The lowest BCUT2D eigenvalue weighted by atomic mass is 9.90. The number of hydrogen-bond acceptors (Lipinski definition) is 4. The molecular formula is C13H22ClN3O2. The molecule has 2 N–H and O–H groups in total. The Morgan fingerprint density at radius 1 is 1.53 bits per heavy atom. The fourth-order valence-electron chi connectivity index (χ4n) is 1.66. The molecule has 0 amide bonds. The van der Waals surface area contributed by atoms with Crippen LogP contribution >= 0.6 is 11.6 Å². The average molecular weight is 288 g/mol. The fourth-order valence-corrected chi connectivity index (χ4v) is 1.86. The normalized spacial score (nSPS) is 11.9. The highest BCUT2D eigenvalue weighted by Crippen LogP contribution is 2.23. The number of aromatic nitrogens is 2. The first-order chi connectivity index (χ1) is 8.78. The average Bonchev–Trinajstić information content (AvgIpc) is 2.30. The number of aliphatic hydroxyl groups is 1. The molecule has 0 aromatic carbocycles. The van der Waals surface area contributed by atoms with E-state index < -0.39 is 0 Å². The van der Waals surface area contributed by atoms with Gasteiger partial charge in [-0.2, -0.15) is 5.10 Å². The highest BCUT2D eigenvalue weighted by atomic mass is 35.5. The Morgan fingerprint density at radius 2 is 2.16 bits per heavy atom. The van der Waals surface area contributed by atoms with Gasteiger partial charge in [0.2, 0.25) is 0 Å². The smallest absolute Gasteiger partial charge is 0.287 e. The van der Waals surface area contributed by atoms with Crippen molar-refractivity contribution in [2.24, 2.45) is 5.41 Å². The molecule has 1 aromatic heterocycles. The van der Waals surface area contributed by atoms with Crippen LogP contribution in [0.3, 0.4) is 0 Å². The first-order valence-corrected chi connectivity index (χ1v) is 6.78. The molecule has 0 aliphatic rings. The molecule has 0 saturated heterocycles. The molecule has 1 heterocycles. The lowest BCUT2D eigenvalue weighted by molar-refractivity contribution is 0.220. The minimum atomic E-state index is -0.290. The molecule has 5 nitrogen and oxygen atoms in total. The van der Waals surface area contributed by atoms with Gasteiger partial charge in [0.05, 0.1) is 17.9 Å². The van der Waals surface area contributed by atoms with Gasteiger partial charge in [0, 0.05) is 13.2 Å². The van der Waals surface area contributed by atoms with Gasteiger partial charge in [-0.1, -0.05) is 25.4 Å². The lowest BCUT2D eigenvalue weighted by Crippen LogP contribution is -2.28. The number of nitrogens with one attached hydrogen (secondary N) is 1. The quantitative estimate of drug-likeness (QED) is 0.842. The Labute approximate surface area is 118 Å². The van der Waals surface area contributed by atoms with Crippen molar-refractivity contribution in [1.82, 2.24) is 9.78 Å². The molecule has 0 unspecified atom stereocenters. The van der Waals surface area contributed by atoms with Crippen LogP contribution in [0.15, 0.2) is 11.0 Å². The number of anilines is 1. The monoisotopic (exact) mass is 287 g/mol. The van der Waals surface area contributed by atoms with Gasteiger partial charge in [-0.05, 0) is 25.7 Å². The molecule has 0 radical (unpaired) electrons. The Balaban J connectivity index is 2.87. The van der Waals surface area contributed by atoms with Crippen LogP contribution in [0, 0.1) is 5.41 Å². The number of halogens is 1. The van der Waals surface area contributed by atoms with Crippen LogP contribution in [0.1, 0.15) is 40.2 Å². The van der Waals surface area contributed by atoms with E-state index in [1.54, 1.807) is 6.20 Å². The van der Waals surface area contributed by atoms with Crippen LogP contribution in [0.25, 0.3) is 0 Å². The summed E-state index contributed by atoms with van der Waals surface area (Å²) in [6, 6.07) is -0.0233. The molecule has 0 spiro atoms. The zero-order chi connectivity index (χ0) is 14.6. The van der Waals surface area contributed by atoms with E-state index in [0.29, 0.717) is 18.7 Å². The summed E-state index contributed by atoms with van der Waals surface area (Å²) in [4.78, 5) is 12.0. The fraction of sp³-hybridized carbons (Fsp3) is 0.692. The van der Waals surface area contributed by atoms with Gasteiger partial charge >= 0.3 is 0 Å². The summed E-state index contributed by atoms with van der Waals surface area (Å²) < 4.78 is 1.35. The van der Waals surface area contributed by atoms with Crippen molar-refractivity contribution in [3.05, 3.63) is 21.6 Å². The highest BCUT2D eigenvalue weighted by Gasteiger charge is 2.18. The first-order valence-electron chi connectivity index (χ1n) is 6.40. The summed E-state index contributed by atoms with van der Waals surface area (Å²) in [6.45, 7) is 8.57. The minimum absolute atomic E-state index is 0.0233. The van der Waals surface area contributed by atoms with E-state index in [0.717, 1.165) is 0 Å². The van der Waals surface area contributed by atoms with Gasteiger partial charge in [-0.15, -0.1) is 0 Å². The maximum atomic E-state index is 12.0. The summed E-state index contributed by atoms with van der Waals surface area (Å²) in [5, 5.41) is 16.4. The standard InChI is InChI=1S/C13H22ClN3O2/c1-9(2)17-12(19)11(14)10(7-16-17)15-8-13(3,4)5-6-18/h7,9,15,18H,5-6,8H2,1-4H3. The molecule has 0 aliphatic heterocycles. The highest BCUT2D eigenvalue weighted by molar-refractivity contribution is 6.32. The van der Waals surface area contributed by atoms with Crippen LogP contribution in [0.4, 0.5) is 5.69 Å². The summed E-state index contributed by atoms with van der Waals surface area (Å²) in [5.74, 6) is 0. The molecule has 6 heteroatoms. The molecular weight excluding hydrogens is 266 g/mol. The molecule has 0 bridgehead atoms. The first kappa shape index (κ1) is 16.0. The molecule has 0 saturated carbocycles. The molecule has 1 rings (SSSR count). The topological polar surface area (TPSA) is 67.2 Å². The van der Waals surface area contributed by atoms with Gasteiger partial charge in [0.25, 0.3) is 5.56 Å². The van der Waals surface area contributed by atoms with Gasteiger partial charge in [0.1, 0.15) is 5.02 Å². The van der Waals surface area contributed by atoms with E-state index >= 15 is 0 Å². The van der Waals surface area contributed by atoms with Crippen LogP contribution in [0.2, 0.25) is 5.02 Å². The Morgan fingerprint density at radius 3 is 2.68 bits per heavy atom. The van der Waals surface area contributed by atoms with Crippen molar-refractivity contribution in [3.63, 3.8) is 0 Å². The third-order valence-corrected chi connectivity index (χ3v) is 3.34. The maximum absolute atomic E-state index is 12.0. The van der Waals surface area contributed by atoms with E-state index in [1.807, 2.05) is 27.7 Å². The van der Waals surface area contributed by atoms with Crippen molar-refractivity contribution in [2.45, 2.75) is 40.2 Å². The predicted molar refractivity (Wildman–Crippen MR) is 77.9 cm³/mol. The van der Waals surface area contributed by atoms with E-state index in [2.05, 4.69) is 10.4 Å². The lowest BCUT2D eigenvalue weighted by Gasteiger charge is -2.24. The van der Waals surface area contributed by atoms with E-state index in [-0.39, 0.29) is 28.6 Å². The van der Waals surface area contributed by atoms with Gasteiger partial charge < -0.3 is 10.4 Å². The van der Waals surface area contributed by atoms with E-state index in [9.17, 15) is 4.79 Å². The summed E-state index contributed by atoms with van der Waals surface area (Å²) in [6.07, 6.45) is 2.24. The van der Waals surface area contributed by atoms with Gasteiger partial charge in [0.15, 0.2) is 0 Å². The third-order valence-electron chi connectivity index (χ3n) is 2.98. The Kier molecular flexibility index (Phi) is 5.38. The molecule has 1 aromatic rings. The molecule has 0 fully saturated rings. The number of hydrogen-bond donors (Lipinski definition) is 2. The Hall–Kier alpha value is -1.07. The van der Waals surface area contributed by atoms with Crippen LogP contribution in [-0.2, 0) is 0 Å². The summed E-state index contributed by atoms with van der Waals surface area (Å²) in [5.41, 5.74) is 0.168. The van der Waals surface area contributed by atoms with Crippen molar-refractivity contribution in [1.29, 1.82) is 0 Å². The van der Waals surface area contributed by atoms with E-state index in [4.69, 9.17) is 16.7 Å². The zero-order valence-corrected chi connectivity index (χ0v) is 12.7. The summed E-state index contributed by atoms with van der Waals surface area (Å²) >= 11 is 6.06. The van der Waals surface area contributed by atoms with Crippen molar-refractivity contribution in [3.8, 4) is 0 Å². The molecule has 108 valence electrons. The van der Waals surface area contributed by atoms with Crippen LogP contribution < -0.4 is 10.9 Å². The second-order valence-corrected chi connectivity index (χ2v) is 6.09. The van der Waals surface area contributed by atoms with Crippen molar-refractivity contribution < 1.29 is 5.11 Å².